The van der Waals surface area contributed by atoms with Crippen LogP contribution in [0.25, 0.3) is 0 Å². The van der Waals surface area contributed by atoms with Crippen molar-refractivity contribution in [3.05, 3.63) is 0 Å². The summed E-state index contributed by atoms with van der Waals surface area (Å²) in [5, 5.41) is 0. The molecule has 4 nitrogen and oxygen atoms in total. The number of hydrogen-bond acceptors (Lipinski definition) is 4. The third kappa shape index (κ3) is 5.26. The lowest BCUT2D eigenvalue weighted by Gasteiger charge is -2.39. The zero-order valence-corrected chi connectivity index (χ0v) is 14.4. The van der Waals surface area contributed by atoms with Crippen LogP contribution < -0.4 is 0 Å². The lowest BCUT2D eigenvalue weighted by molar-refractivity contribution is -0.180. The molecule has 0 aliphatic carbocycles. The van der Waals surface area contributed by atoms with Gasteiger partial charge in [-0.05, 0) is 38.0 Å². The Morgan fingerprint density at radius 3 is 2.43 bits per heavy atom. The first-order valence-electron chi connectivity index (χ1n) is 8.21. The first-order chi connectivity index (χ1) is 9.81. The van der Waals surface area contributed by atoms with E-state index < -0.39 is 5.41 Å². The van der Waals surface area contributed by atoms with Crippen LogP contribution in [0.1, 0.15) is 66.7 Å². The van der Waals surface area contributed by atoms with Crippen LogP contribution in [0.3, 0.4) is 0 Å². The second-order valence-corrected chi connectivity index (χ2v) is 7.13. The summed E-state index contributed by atoms with van der Waals surface area (Å²) in [7, 11) is 0. The molecule has 1 aliphatic heterocycles. The maximum atomic E-state index is 12.4. The molecule has 0 amide bonds. The molecular formula is C17H32O4. The van der Waals surface area contributed by atoms with Gasteiger partial charge in [0.05, 0.1) is 12.0 Å². The molecule has 124 valence electrons. The van der Waals surface area contributed by atoms with Gasteiger partial charge < -0.3 is 14.2 Å². The number of ether oxygens (including phenoxy) is 3. The standard InChI is InChI=1S/C17H32O4/c1-6-10-17(5,16(2,3)4)15(18)21-13-12-20-14-9-7-8-11-19-14/h14H,6-13H2,1-5H3. The van der Waals surface area contributed by atoms with Gasteiger partial charge in [0.15, 0.2) is 6.29 Å². The molecule has 0 aromatic heterocycles. The molecule has 0 spiro atoms. The summed E-state index contributed by atoms with van der Waals surface area (Å²) in [5.74, 6) is -0.120. The fraction of sp³-hybridized carbons (Fsp3) is 0.941. The molecule has 1 aliphatic rings. The summed E-state index contributed by atoms with van der Waals surface area (Å²) < 4.78 is 16.5. The molecule has 0 saturated carbocycles. The number of hydrogen-bond donors (Lipinski definition) is 0. The summed E-state index contributed by atoms with van der Waals surface area (Å²) in [6, 6.07) is 0. The zero-order chi connectivity index (χ0) is 15.9. The van der Waals surface area contributed by atoms with Gasteiger partial charge in [-0.3, -0.25) is 4.79 Å². The normalized spacial score (nSPS) is 22.6. The highest BCUT2D eigenvalue weighted by molar-refractivity contribution is 5.77. The Balaban J connectivity index is 2.36. The molecule has 1 saturated heterocycles. The third-order valence-corrected chi connectivity index (χ3v) is 4.61. The molecule has 0 aromatic carbocycles. The van der Waals surface area contributed by atoms with Crippen molar-refractivity contribution < 1.29 is 19.0 Å². The van der Waals surface area contributed by atoms with Crippen molar-refractivity contribution in [3.63, 3.8) is 0 Å². The predicted octanol–water partition coefficient (Wildman–Crippen LogP) is 3.93. The predicted molar refractivity (Wildman–Crippen MR) is 83.0 cm³/mol. The Hall–Kier alpha value is -0.610. The van der Waals surface area contributed by atoms with Gasteiger partial charge in [-0.15, -0.1) is 0 Å². The fourth-order valence-electron chi connectivity index (χ4n) is 2.60. The lowest BCUT2D eigenvalue weighted by atomic mass is 9.65. The average molecular weight is 300 g/mol. The van der Waals surface area contributed by atoms with Crippen LogP contribution in [0.4, 0.5) is 0 Å². The van der Waals surface area contributed by atoms with E-state index in [0.29, 0.717) is 13.2 Å². The lowest BCUT2D eigenvalue weighted by Crippen LogP contribution is -2.42. The van der Waals surface area contributed by atoms with Gasteiger partial charge in [0.2, 0.25) is 0 Å². The van der Waals surface area contributed by atoms with Gasteiger partial charge in [0.25, 0.3) is 0 Å². The van der Waals surface area contributed by atoms with Crippen molar-refractivity contribution in [1.29, 1.82) is 0 Å². The molecule has 21 heavy (non-hydrogen) atoms. The van der Waals surface area contributed by atoms with E-state index >= 15 is 0 Å². The molecule has 1 heterocycles. The highest BCUT2D eigenvalue weighted by Gasteiger charge is 2.44. The van der Waals surface area contributed by atoms with Crippen molar-refractivity contribution in [1.82, 2.24) is 0 Å². The maximum Gasteiger partial charge on any atom is 0.312 e. The molecule has 0 N–H and O–H groups in total. The maximum absolute atomic E-state index is 12.4. The summed E-state index contributed by atoms with van der Waals surface area (Å²) in [6.45, 7) is 11.9. The second kappa shape index (κ2) is 8.14. The minimum atomic E-state index is -0.455. The molecule has 0 bridgehead atoms. The van der Waals surface area contributed by atoms with Crippen molar-refractivity contribution in [3.8, 4) is 0 Å². The van der Waals surface area contributed by atoms with E-state index in [1.807, 2.05) is 6.92 Å². The first-order valence-corrected chi connectivity index (χ1v) is 8.21. The number of carbonyl (C=O) groups excluding carboxylic acids is 1. The van der Waals surface area contributed by atoms with E-state index in [9.17, 15) is 4.79 Å². The third-order valence-electron chi connectivity index (χ3n) is 4.61. The van der Waals surface area contributed by atoms with E-state index in [0.717, 1.165) is 38.7 Å². The topological polar surface area (TPSA) is 44.8 Å². The smallest absolute Gasteiger partial charge is 0.312 e. The van der Waals surface area contributed by atoms with Crippen LogP contribution in [0, 0.1) is 10.8 Å². The van der Waals surface area contributed by atoms with Crippen LogP contribution in [0.2, 0.25) is 0 Å². The summed E-state index contributed by atoms with van der Waals surface area (Å²) >= 11 is 0. The second-order valence-electron chi connectivity index (χ2n) is 7.13. The SMILES string of the molecule is CCCC(C)(C(=O)OCCOC1CCCCO1)C(C)(C)C. The molecule has 0 radical (unpaired) electrons. The Kier molecular flexibility index (Phi) is 7.14. The number of esters is 1. The van der Waals surface area contributed by atoms with Crippen LogP contribution in [-0.2, 0) is 19.0 Å². The van der Waals surface area contributed by atoms with E-state index in [-0.39, 0.29) is 17.7 Å². The zero-order valence-electron chi connectivity index (χ0n) is 14.4. The van der Waals surface area contributed by atoms with E-state index in [1.54, 1.807) is 0 Å². The quantitative estimate of drug-likeness (QED) is 0.528. The minimum absolute atomic E-state index is 0.118. The van der Waals surface area contributed by atoms with Crippen LogP contribution in [0.5, 0.6) is 0 Å². The van der Waals surface area contributed by atoms with E-state index in [2.05, 4.69) is 27.7 Å². The van der Waals surface area contributed by atoms with Gasteiger partial charge in [0, 0.05) is 6.61 Å². The van der Waals surface area contributed by atoms with Gasteiger partial charge in [-0.25, -0.2) is 0 Å². The molecule has 1 fully saturated rings. The molecule has 0 aromatic rings. The van der Waals surface area contributed by atoms with Crippen molar-refractivity contribution in [2.75, 3.05) is 19.8 Å². The van der Waals surface area contributed by atoms with Gasteiger partial charge in [-0.2, -0.15) is 0 Å². The van der Waals surface area contributed by atoms with Crippen LogP contribution in [0.15, 0.2) is 0 Å². The summed E-state index contributed by atoms with van der Waals surface area (Å²) in [5.41, 5.74) is -0.573. The Morgan fingerprint density at radius 2 is 1.90 bits per heavy atom. The number of carbonyl (C=O) groups is 1. The Labute approximate surface area is 129 Å². The first kappa shape index (κ1) is 18.4. The summed E-state index contributed by atoms with van der Waals surface area (Å²) in [6.07, 6.45) is 4.86. The van der Waals surface area contributed by atoms with Gasteiger partial charge in [0.1, 0.15) is 6.61 Å². The largest absolute Gasteiger partial charge is 0.463 e. The van der Waals surface area contributed by atoms with Crippen LogP contribution in [-0.4, -0.2) is 32.1 Å². The van der Waals surface area contributed by atoms with Crippen molar-refractivity contribution in [2.24, 2.45) is 10.8 Å². The molecule has 2 atom stereocenters. The van der Waals surface area contributed by atoms with Gasteiger partial charge in [-0.1, -0.05) is 34.1 Å². The minimum Gasteiger partial charge on any atom is -0.463 e. The van der Waals surface area contributed by atoms with Gasteiger partial charge >= 0.3 is 5.97 Å². The molecule has 4 heteroatoms. The van der Waals surface area contributed by atoms with Crippen molar-refractivity contribution >= 4 is 5.97 Å². The molecular weight excluding hydrogens is 268 g/mol. The van der Waals surface area contributed by atoms with Crippen molar-refractivity contribution in [2.45, 2.75) is 73.0 Å². The fourth-order valence-corrected chi connectivity index (χ4v) is 2.60. The highest BCUT2D eigenvalue weighted by atomic mass is 16.7. The number of rotatable bonds is 7. The average Bonchev–Trinajstić information content (AvgIpc) is 2.43. The van der Waals surface area contributed by atoms with E-state index in [4.69, 9.17) is 14.2 Å². The molecule has 2 unspecified atom stereocenters. The van der Waals surface area contributed by atoms with E-state index in [1.165, 1.54) is 0 Å². The Morgan fingerprint density at radius 1 is 1.19 bits per heavy atom. The Bertz CT molecular complexity index is 315. The molecule has 1 rings (SSSR count). The summed E-state index contributed by atoms with van der Waals surface area (Å²) in [4.78, 5) is 12.4. The highest BCUT2D eigenvalue weighted by Crippen LogP contribution is 2.43. The monoisotopic (exact) mass is 300 g/mol. The van der Waals surface area contributed by atoms with Crippen LogP contribution >= 0.6 is 0 Å².